The zero-order chi connectivity index (χ0) is 9.19. The van der Waals surface area contributed by atoms with E-state index in [1.807, 2.05) is 13.0 Å². The Morgan fingerprint density at radius 3 is 2.75 bits per heavy atom. The molecule has 1 rings (SSSR count). The van der Waals surface area contributed by atoms with E-state index in [1.54, 1.807) is 11.8 Å². The highest BCUT2D eigenvalue weighted by Gasteiger charge is 2.35. The highest BCUT2D eigenvalue weighted by molar-refractivity contribution is 8.03. The minimum atomic E-state index is -0.224. The molecule has 0 bridgehead atoms. The molecule has 0 aromatic carbocycles. The number of ether oxygens (including phenoxy) is 1. The quantitative estimate of drug-likeness (QED) is 0.733. The van der Waals surface area contributed by atoms with Crippen LogP contribution in [0.3, 0.4) is 0 Å². The second-order valence-corrected chi connectivity index (χ2v) is 4.30. The smallest absolute Gasteiger partial charge is 0.207 e. The summed E-state index contributed by atoms with van der Waals surface area (Å²) in [5, 5.41) is 7.40. The van der Waals surface area contributed by atoms with Crippen molar-refractivity contribution in [3.8, 4) is 0 Å². The molecular formula is C9H15NOS. The van der Waals surface area contributed by atoms with E-state index in [1.165, 1.54) is 4.91 Å². The van der Waals surface area contributed by atoms with Crippen molar-refractivity contribution < 1.29 is 4.74 Å². The Morgan fingerprint density at radius 1 is 1.58 bits per heavy atom. The number of nitrogens with one attached hydrogen (secondary N) is 1. The van der Waals surface area contributed by atoms with Crippen molar-refractivity contribution in [3.05, 3.63) is 11.0 Å². The monoisotopic (exact) mass is 185 g/mol. The maximum Gasteiger partial charge on any atom is 0.207 e. The van der Waals surface area contributed by atoms with Gasteiger partial charge in [-0.05, 0) is 19.1 Å². The number of hydrogen-bond acceptors (Lipinski definition) is 3. The Hall–Kier alpha value is -0.440. The highest BCUT2D eigenvalue weighted by Crippen LogP contribution is 2.38. The molecule has 1 atom stereocenters. The zero-order valence-corrected chi connectivity index (χ0v) is 8.62. The number of thioether (sulfide) groups is 1. The van der Waals surface area contributed by atoms with Crippen molar-refractivity contribution >= 4 is 17.7 Å². The highest BCUT2D eigenvalue weighted by atomic mass is 32.2. The van der Waals surface area contributed by atoms with Gasteiger partial charge < -0.3 is 4.74 Å². The van der Waals surface area contributed by atoms with Crippen LogP contribution in [0.1, 0.15) is 27.2 Å². The van der Waals surface area contributed by atoms with Crippen LogP contribution in [0.4, 0.5) is 0 Å². The van der Waals surface area contributed by atoms with E-state index in [2.05, 4.69) is 13.8 Å². The Balaban J connectivity index is 2.79. The van der Waals surface area contributed by atoms with Crippen molar-refractivity contribution in [1.29, 1.82) is 5.41 Å². The minimum Gasteiger partial charge on any atom is -0.466 e. The van der Waals surface area contributed by atoms with Gasteiger partial charge in [-0.25, -0.2) is 0 Å². The average Bonchev–Trinajstić information content (AvgIpc) is 2.29. The predicted octanol–water partition coefficient (Wildman–Crippen LogP) is 2.80. The summed E-state index contributed by atoms with van der Waals surface area (Å²) in [6.07, 6.45) is 2.76. The molecule has 0 saturated heterocycles. The van der Waals surface area contributed by atoms with Crippen LogP contribution in [0.25, 0.3) is 0 Å². The van der Waals surface area contributed by atoms with Crippen molar-refractivity contribution in [3.63, 3.8) is 0 Å². The number of hydrogen-bond donors (Lipinski definition) is 1. The van der Waals surface area contributed by atoms with Gasteiger partial charge in [-0.15, -0.1) is 11.8 Å². The second kappa shape index (κ2) is 3.52. The summed E-state index contributed by atoms with van der Waals surface area (Å²) in [5.41, 5.74) is -0.224. The van der Waals surface area contributed by atoms with Gasteiger partial charge in [-0.2, -0.15) is 0 Å². The van der Waals surface area contributed by atoms with E-state index in [9.17, 15) is 0 Å². The topological polar surface area (TPSA) is 33.1 Å². The molecule has 1 N–H and O–H groups in total. The Labute approximate surface area is 77.9 Å². The molecule has 0 spiro atoms. The van der Waals surface area contributed by atoms with Crippen LogP contribution in [-0.2, 0) is 4.74 Å². The van der Waals surface area contributed by atoms with Gasteiger partial charge in [0, 0.05) is 11.0 Å². The lowest BCUT2D eigenvalue weighted by atomic mass is 10.0. The van der Waals surface area contributed by atoms with Crippen molar-refractivity contribution in [2.45, 2.75) is 32.8 Å². The SMILES string of the molecule is CCSC1=CC(=N)OC1(C)CC. The summed E-state index contributed by atoms with van der Waals surface area (Å²) in [6, 6.07) is 0. The standard InChI is InChI=1S/C9H15NOS/c1-4-9(3)7(12-5-2)6-8(10)11-9/h6,10H,4-5H2,1-3H3. The first-order chi connectivity index (χ1) is 5.62. The first kappa shape index (κ1) is 9.65. The molecule has 1 unspecified atom stereocenters. The van der Waals surface area contributed by atoms with Crippen LogP contribution in [0.15, 0.2) is 11.0 Å². The van der Waals surface area contributed by atoms with Gasteiger partial charge >= 0.3 is 0 Å². The van der Waals surface area contributed by atoms with Crippen LogP contribution >= 0.6 is 11.8 Å². The van der Waals surface area contributed by atoms with E-state index >= 15 is 0 Å². The maximum atomic E-state index is 7.40. The summed E-state index contributed by atoms with van der Waals surface area (Å²) in [5.74, 6) is 1.34. The fourth-order valence-corrected chi connectivity index (χ4v) is 2.18. The van der Waals surface area contributed by atoms with E-state index in [0.29, 0.717) is 5.90 Å². The molecule has 2 nitrogen and oxygen atoms in total. The molecule has 0 aromatic rings. The zero-order valence-electron chi connectivity index (χ0n) is 7.81. The lowest BCUT2D eigenvalue weighted by Crippen LogP contribution is -2.25. The molecule has 12 heavy (non-hydrogen) atoms. The van der Waals surface area contributed by atoms with Crippen LogP contribution in [0.5, 0.6) is 0 Å². The Bertz CT molecular complexity index is 225. The molecule has 0 radical (unpaired) electrons. The van der Waals surface area contributed by atoms with Crippen LogP contribution in [0.2, 0.25) is 0 Å². The fraction of sp³-hybridized carbons (Fsp3) is 0.667. The van der Waals surface area contributed by atoms with Crippen molar-refractivity contribution in [2.24, 2.45) is 0 Å². The minimum absolute atomic E-state index is 0.224. The van der Waals surface area contributed by atoms with Crippen molar-refractivity contribution in [2.75, 3.05) is 5.75 Å². The molecule has 1 aliphatic rings. The molecule has 0 aromatic heterocycles. The first-order valence-electron chi connectivity index (χ1n) is 4.25. The third kappa shape index (κ3) is 1.66. The molecule has 0 aliphatic carbocycles. The molecule has 0 saturated carbocycles. The predicted molar refractivity (Wildman–Crippen MR) is 53.7 cm³/mol. The third-order valence-corrected chi connectivity index (χ3v) is 3.24. The molecule has 1 heterocycles. The lowest BCUT2D eigenvalue weighted by molar-refractivity contribution is 0.131. The fourth-order valence-electron chi connectivity index (χ4n) is 1.19. The summed E-state index contributed by atoms with van der Waals surface area (Å²) >= 11 is 1.77. The molecule has 3 heteroatoms. The first-order valence-corrected chi connectivity index (χ1v) is 5.23. The van der Waals surface area contributed by atoms with E-state index in [0.717, 1.165) is 12.2 Å². The normalized spacial score (nSPS) is 28.6. The van der Waals surface area contributed by atoms with E-state index < -0.39 is 0 Å². The maximum absolute atomic E-state index is 7.40. The Kier molecular flexibility index (Phi) is 2.83. The van der Waals surface area contributed by atoms with Gasteiger partial charge in [-0.1, -0.05) is 13.8 Å². The molecule has 0 fully saturated rings. The average molecular weight is 185 g/mol. The largest absolute Gasteiger partial charge is 0.466 e. The summed E-state index contributed by atoms with van der Waals surface area (Å²) in [7, 11) is 0. The summed E-state index contributed by atoms with van der Waals surface area (Å²) < 4.78 is 5.43. The molecule has 68 valence electrons. The van der Waals surface area contributed by atoms with Gasteiger partial charge in [0.1, 0.15) is 5.60 Å². The third-order valence-electron chi connectivity index (χ3n) is 2.09. The lowest BCUT2D eigenvalue weighted by Gasteiger charge is -2.24. The van der Waals surface area contributed by atoms with Crippen LogP contribution in [-0.4, -0.2) is 17.3 Å². The van der Waals surface area contributed by atoms with Crippen LogP contribution in [0, 0.1) is 5.41 Å². The van der Waals surface area contributed by atoms with E-state index in [-0.39, 0.29) is 5.60 Å². The molecule has 1 aliphatic heterocycles. The van der Waals surface area contributed by atoms with Gasteiger partial charge in [0.05, 0.1) is 0 Å². The summed E-state index contributed by atoms with van der Waals surface area (Å²) in [4.78, 5) is 1.19. The van der Waals surface area contributed by atoms with Gasteiger partial charge in [-0.3, -0.25) is 5.41 Å². The van der Waals surface area contributed by atoms with E-state index in [4.69, 9.17) is 10.1 Å². The Morgan fingerprint density at radius 2 is 2.25 bits per heavy atom. The van der Waals surface area contributed by atoms with Crippen molar-refractivity contribution in [1.82, 2.24) is 0 Å². The number of rotatable bonds is 3. The molecule has 0 amide bonds. The van der Waals surface area contributed by atoms with Crippen LogP contribution < -0.4 is 0 Å². The summed E-state index contributed by atoms with van der Waals surface area (Å²) in [6.45, 7) is 6.25. The van der Waals surface area contributed by atoms with Gasteiger partial charge in [0.2, 0.25) is 5.90 Å². The molecular weight excluding hydrogens is 170 g/mol. The second-order valence-electron chi connectivity index (χ2n) is 2.99. The van der Waals surface area contributed by atoms with Gasteiger partial charge in [0.25, 0.3) is 0 Å². The van der Waals surface area contributed by atoms with Gasteiger partial charge in [0.15, 0.2) is 0 Å².